The molecule has 1 saturated carbocycles. The van der Waals surface area contributed by atoms with Crippen molar-refractivity contribution in [2.24, 2.45) is 28.5 Å². The lowest BCUT2D eigenvalue weighted by Gasteiger charge is -2.39. The van der Waals surface area contributed by atoms with E-state index < -0.39 is 0 Å². The SMILES string of the molecule is CCCCC1=C2NC(N)=N[C@@H]3CC[C@@H](C[C@H]1C)[C@H]23. The third kappa shape index (κ3) is 1.84. The summed E-state index contributed by atoms with van der Waals surface area (Å²) in [5.41, 5.74) is 9.07. The van der Waals surface area contributed by atoms with E-state index in [-0.39, 0.29) is 0 Å². The van der Waals surface area contributed by atoms with Crippen LogP contribution in [0.3, 0.4) is 0 Å². The van der Waals surface area contributed by atoms with E-state index in [0.717, 1.165) is 11.8 Å². The summed E-state index contributed by atoms with van der Waals surface area (Å²) in [6.07, 6.45) is 7.73. The van der Waals surface area contributed by atoms with Gasteiger partial charge >= 0.3 is 0 Å². The van der Waals surface area contributed by atoms with Gasteiger partial charge in [0.2, 0.25) is 0 Å². The van der Waals surface area contributed by atoms with Gasteiger partial charge in [0.15, 0.2) is 5.96 Å². The second-order valence-corrected chi connectivity index (χ2v) is 6.25. The van der Waals surface area contributed by atoms with E-state index in [4.69, 9.17) is 5.73 Å². The Kier molecular flexibility index (Phi) is 3.08. The normalized spacial score (nSPS) is 38.2. The van der Waals surface area contributed by atoms with Gasteiger partial charge in [0.25, 0.3) is 0 Å². The third-order valence-corrected chi connectivity index (χ3v) is 5.05. The molecule has 0 amide bonds. The third-order valence-electron chi connectivity index (χ3n) is 5.05. The van der Waals surface area contributed by atoms with Crippen LogP contribution in [-0.4, -0.2) is 12.0 Å². The van der Waals surface area contributed by atoms with Crippen molar-refractivity contribution in [1.29, 1.82) is 0 Å². The minimum atomic E-state index is 0.468. The number of unbranched alkanes of at least 4 members (excludes halogenated alkanes) is 1. The average Bonchev–Trinajstić information content (AvgIpc) is 2.72. The molecule has 3 nitrogen and oxygen atoms in total. The van der Waals surface area contributed by atoms with Crippen LogP contribution in [0, 0.1) is 17.8 Å². The minimum absolute atomic E-state index is 0.468. The van der Waals surface area contributed by atoms with Crippen molar-refractivity contribution >= 4 is 5.96 Å². The second-order valence-electron chi connectivity index (χ2n) is 6.25. The highest BCUT2D eigenvalue weighted by molar-refractivity contribution is 5.81. The molecule has 0 aromatic heterocycles. The van der Waals surface area contributed by atoms with Crippen molar-refractivity contribution in [2.75, 3.05) is 0 Å². The number of hydrogen-bond donors (Lipinski definition) is 2. The van der Waals surface area contributed by atoms with Gasteiger partial charge in [-0.2, -0.15) is 0 Å². The zero-order valence-electron chi connectivity index (χ0n) is 11.6. The van der Waals surface area contributed by atoms with Gasteiger partial charge < -0.3 is 11.1 Å². The van der Waals surface area contributed by atoms with E-state index in [1.165, 1.54) is 44.2 Å². The molecule has 0 unspecified atom stereocenters. The molecule has 0 aromatic carbocycles. The molecule has 100 valence electrons. The van der Waals surface area contributed by atoms with Crippen LogP contribution in [0.25, 0.3) is 0 Å². The van der Waals surface area contributed by atoms with Crippen LogP contribution in [0.2, 0.25) is 0 Å². The molecule has 0 saturated heterocycles. The Morgan fingerprint density at radius 2 is 2.22 bits per heavy atom. The highest BCUT2D eigenvalue weighted by Crippen LogP contribution is 2.49. The van der Waals surface area contributed by atoms with Gasteiger partial charge in [-0.15, -0.1) is 0 Å². The van der Waals surface area contributed by atoms with Crippen LogP contribution in [0.5, 0.6) is 0 Å². The number of nitrogens with zero attached hydrogens (tertiary/aromatic N) is 1. The van der Waals surface area contributed by atoms with Gasteiger partial charge in [-0.3, -0.25) is 0 Å². The van der Waals surface area contributed by atoms with Crippen molar-refractivity contribution in [3.63, 3.8) is 0 Å². The Bertz CT molecular complexity index is 397. The largest absolute Gasteiger partial charge is 0.370 e. The van der Waals surface area contributed by atoms with Gasteiger partial charge in [0.05, 0.1) is 6.04 Å². The first-order valence-electron chi connectivity index (χ1n) is 7.54. The number of nitrogens with one attached hydrogen (secondary N) is 1. The molecule has 3 rings (SSSR count). The van der Waals surface area contributed by atoms with Gasteiger partial charge in [-0.1, -0.05) is 20.3 Å². The Morgan fingerprint density at radius 3 is 3.00 bits per heavy atom. The lowest BCUT2D eigenvalue weighted by Crippen LogP contribution is -2.45. The summed E-state index contributed by atoms with van der Waals surface area (Å²) in [7, 11) is 0. The fourth-order valence-corrected chi connectivity index (χ4v) is 4.23. The predicted octanol–water partition coefficient (Wildman–Crippen LogP) is 2.78. The highest BCUT2D eigenvalue weighted by atomic mass is 15.2. The first-order valence-corrected chi connectivity index (χ1v) is 7.54. The Morgan fingerprint density at radius 1 is 1.39 bits per heavy atom. The maximum Gasteiger partial charge on any atom is 0.193 e. The van der Waals surface area contributed by atoms with Crippen LogP contribution >= 0.6 is 0 Å². The second kappa shape index (κ2) is 4.60. The number of guanidine groups is 1. The van der Waals surface area contributed by atoms with E-state index in [1.807, 2.05) is 0 Å². The smallest absolute Gasteiger partial charge is 0.193 e. The number of rotatable bonds is 3. The lowest BCUT2D eigenvalue weighted by atomic mass is 9.72. The molecule has 0 spiro atoms. The van der Waals surface area contributed by atoms with Gasteiger partial charge in [-0.05, 0) is 49.5 Å². The van der Waals surface area contributed by atoms with Crippen molar-refractivity contribution in [3.05, 3.63) is 11.3 Å². The molecule has 1 aliphatic heterocycles. The fourth-order valence-electron chi connectivity index (χ4n) is 4.23. The summed E-state index contributed by atoms with van der Waals surface area (Å²) >= 11 is 0. The van der Waals surface area contributed by atoms with Crippen molar-refractivity contribution in [1.82, 2.24) is 5.32 Å². The summed E-state index contributed by atoms with van der Waals surface area (Å²) in [6.45, 7) is 4.66. The molecule has 18 heavy (non-hydrogen) atoms. The quantitative estimate of drug-likeness (QED) is 0.805. The minimum Gasteiger partial charge on any atom is -0.370 e. The zero-order valence-corrected chi connectivity index (χ0v) is 11.6. The monoisotopic (exact) mass is 247 g/mol. The highest BCUT2D eigenvalue weighted by Gasteiger charge is 2.45. The predicted molar refractivity (Wildman–Crippen MR) is 75.1 cm³/mol. The molecular formula is C15H25N3. The van der Waals surface area contributed by atoms with Gasteiger partial charge in [-0.25, -0.2) is 4.99 Å². The molecular weight excluding hydrogens is 222 g/mol. The number of allylic oxidation sites excluding steroid dienone is 1. The summed E-state index contributed by atoms with van der Waals surface area (Å²) in [6, 6.07) is 0.468. The first-order chi connectivity index (χ1) is 8.70. The molecule has 1 fully saturated rings. The molecule has 3 heteroatoms. The molecule has 3 aliphatic rings. The molecule has 2 aliphatic carbocycles. The van der Waals surface area contributed by atoms with Crippen molar-refractivity contribution in [2.45, 2.75) is 58.4 Å². The summed E-state index contributed by atoms with van der Waals surface area (Å²) in [5.74, 6) is 2.87. The average molecular weight is 247 g/mol. The number of nitrogens with two attached hydrogens (primary N) is 1. The van der Waals surface area contributed by atoms with Crippen molar-refractivity contribution in [3.8, 4) is 0 Å². The first kappa shape index (κ1) is 12.1. The zero-order chi connectivity index (χ0) is 12.7. The fraction of sp³-hybridized carbons (Fsp3) is 0.800. The standard InChI is InChI=1S/C15H25N3/c1-3-4-5-11-9(2)8-10-6-7-12-13(10)14(11)18-15(16)17-12/h9-10,12-13H,3-8H2,1-2H3,(H3,16,17,18)/t9-,10+,12-,13+/m1/s1. The molecule has 4 atom stereocenters. The van der Waals surface area contributed by atoms with Crippen LogP contribution in [0.1, 0.15) is 52.4 Å². The summed E-state index contributed by atoms with van der Waals surface area (Å²) in [4.78, 5) is 4.62. The van der Waals surface area contributed by atoms with E-state index in [1.54, 1.807) is 5.57 Å². The summed E-state index contributed by atoms with van der Waals surface area (Å²) in [5, 5.41) is 3.42. The van der Waals surface area contributed by atoms with Crippen LogP contribution < -0.4 is 11.1 Å². The van der Waals surface area contributed by atoms with E-state index in [9.17, 15) is 0 Å². The maximum atomic E-state index is 5.97. The molecule has 3 N–H and O–H groups in total. The van der Waals surface area contributed by atoms with Crippen LogP contribution in [0.15, 0.2) is 16.3 Å². The molecule has 0 aromatic rings. The molecule has 0 radical (unpaired) electrons. The Hall–Kier alpha value is -0.990. The number of hydrogen-bond acceptors (Lipinski definition) is 3. The number of aliphatic imine (C=N–C) groups is 1. The Balaban J connectivity index is 1.96. The van der Waals surface area contributed by atoms with Crippen LogP contribution in [-0.2, 0) is 0 Å². The molecule has 0 bridgehead atoms. The molecule has 1 heterocycles. The van der Waals surface area contributed by atoms with Gasteiger partial charge in [0.1, 0.15) is 0 Å². The topological polar surface area (TPSA) is 50.4 Å². The lowest BCUT2D eigenvalue weighted by molar-refractivity contribution is 0.299. The van der Waals surface area contributed by atoms with Crippen LogP contribution in [0.4, 0.5) is 0 Å². The van der Waals surface area contributed by atoms with E-state index in [2.05, 4.69) is 24.2 Å². The van der Waals surface area contributed by atoms with Crippen molar-refractivity contribution < 1.29 is 0 Å². The van der Waals surface area contributed by atoms with E-state index in [0.29, 0.717) is 17.9 Å². The Labute approximate surface area is 110 Å². The summed E-state index contributed by atoms with van der Waals surface area (Å²) < 4.78 is 0. The van der Waals surface area contributed by atoms with Gasteiger partial charge in [0, 0.05) is 11.6 Å². The van der Waals surface area contributed by atoms with E-state index >= 15 is 0 Å². The maximum absolute atomic E-state index is 5.97.